The van der Waals surface area contributed by atoms with Crippen LogP contribution in [0.4, 0.5) is 27.6 Å². The Labute approximate surface area is 162 Å². The molecule has 156 valence electrons. The molecular formula is C18H17F5N4O2. The number of halogens is 5. The van der Waals surface area contributed by atoms with Crippen molar-refractivity contribution in [3.63, 3.8) is 0 Å². The van der Waals surface area contributed by atoms with E-state index < -0.39 is 59.4 Å². The molecule has 0 saturated carbocycles. The highest BCUT2D eigenvalue weighted by atomic mass is 19.3. The number of amides is 1. The van der Waals surface area contributed by atoms with Crippen molar-refractivity contribution in [1.82, 2.24) is 4.98 Å². The number of rotatable bonds is 4. The van der Waals surface area contributed by atoms with Gasteiger partial charge < -0.3 is 15.5 Å². The first kappa shape index (κ1) is 20.7. The molecule has 29 heavy (non-hydrogen) atoms. The van der Waals surface area contributed by atoms with E-state index in [1.807, 2.05) is 0 Å². The van der Waals surface area contributed by atoms with E-state index in [0.717, 1.165) is 25.3 Å². The maximum Gasteiger partial charge on any atom is 0.313 e. The van der Waals surface area contributed by atoms with Crippen LogP contribution in [0.5, 0.6) is 0 Å². The van der Waals surface area contributed by atoms with E-state index in [1.165, 1.54) is 13.0 Å². The predicted octanol–water partition coefficient (Wildman–Crippen LogP) is 4.05. The average molecular weight is 416 g/mol. The van der Waals surface area contributed by atoms with Crippen LogP contribution >= 0.6 is 0 Å². The molecule has 1 aliphatic heterocycles. The normalized spacial score (nSPS) is 27.0. The summed E-state index contributed by atoms with van der Waals surface area (Å²) >= 11 is 0. The molecule has 0 saturated heterocycles. The highest BCUT2D eigenvalue weighted by Gasteiger charge is 2.49. The van der Waals surface area contributed by atoms with Crippen molar-refractivity contribution in [3.05, 3.63) is 47.4 Å². The van der Waals surface area contributed by atoms with Crippen molar-refractivity contribution in [2.24, 2.45) is 10.7 Å². The van der Waals surface area contributed by atoms with Gasteiger partial charge in [-0.15, -0.1) is 0 Å². The standard InChI is InChI=1S/C18H17F5N4O2/c1-17(23)6-12(20)18(2,27-16(17)24)9-5-8(3-4-10(9)19)25-14(28)11-7-29-15(26-11)13(21)22/h3-5,7,12-13H,6H2,1-2H3,(H2,24,27)(H,25,28)/t12-,17+,18+/m0/s1. The molecule has 2 heterocycles. The Balaban J connectivity index is 1.92. The minimum Gasteiger partial charge on any atom is -0.443 e. The van der Waals surface area contributed by atoms with Gasteiger partial charge >= 0.3 is 6.43 Å². The zero-order valence-corrected chi connectivity index (χ0v) is 15.3. The van der Waals surface area contributed by atoms with Gasteiger partial charge in [-0.2, -0.15) is 8.78 Å². The minimum atomic E-state index is -2.99. The molecule has 0 aliphatic carbocycles. The number of carbonyl (C=O) groups is 1. The van der Waals surface area contributed by atoms with Crippen LogP contribution in [0.3, 0.4) is 0 Å². The van der Waals surface area contributed by atoms with Crippen molar-refractivity contribution < 1.29 is 31.2 Å². The quantitative estimate of drug-likeness (QED) is 0.736. The fraction of sp³-hybridized carbons (Fsp3) is 0.389. The Hall–Kier alpha value is -2.98. The molecule has 0 bridgehead atoms. The fourth-order valence-electron chi connectivity index (χ4n) is 2.98. The number of hydrogen-bond donors (Lipinski definition) is 2. The van der Waals surface area contributed by atoms with Crippen LogP contribution in [0.15, 0.2) is 33.9 Å². The van der Waals surface area contributed by atoms with Crippen LogP contribution in [0.2, 0.25) is 0 Å². The van der Waals surface area contributed by atoms with Crippen molar-refractivity contribution >= 4 is 17.4 Å². The number of alkyl halides is 4. The van der Waals surface area contributed by atoms with E-state index in [-0.39, 0.29) is 11.3 Å². The third-order valence-electron chi connectivity index (χ3n) is 4.77. The third-order valence-corrected chi connectivity index (χ3v) is 4.77. The molecule has 0 unspecified atom stereocenters. The van der Waals surface area contributed by atoms with Crippen molar-refractivity contribution in [3.8, 4) is 0 Å². The maximum atomic E-state index is 14.8. The second-order valence-electron chi connectivity index (χ2n) is 7.03. The number of nitrogens with two attached hydrogens (primary N) is 1. The number of aromatic nitrogens is 1. The molecule has 11 heteroatoms. The van der Waals surface area contributed by atoms with Crippen LogP contribution in [0.1, 0.15) is 48.6 Å². The lowest BCUT2D eigenvalue weighted by molar-refractivity contribution is 0.102. The summed E-state index contributed by atoms with van der Waals surface area (Å²) in [5.41, 5.74) is 0.943. The van der Waals surface area contributed by atoms with Crippen LogP contribution in [-0.2, 0) is 5.54 Å². The van der Waals surface area contributed by atoms with E-state index >= 15 is 0 Å². The van der Waals surface area contributed by atoms with Gasteiger partial charge in [0, 0.05) is 17.7 Å². The molecule has 6 nitrogen and oxygen atoms in total. The van der Waals surface area contributed by atoms with Crippen molar-refractivity contribution in [2.45, 2.75) is 44.1 Å². The van der Waals surface area contributed by atoms with Gasteiger partial charge in [-0.1, -0.05) is 0 Å². The number of nitrogens with one attached hydrogen (secondary N) is 1. The summed E-state index contributed by atoms with van der Waals surface area (Å²) in [6.07, 6.45) is -4.76. The molecule has 0 fully saturated rings. The fourth-order valence-corrected chi connectivity index (χ4v) is 2.98. The molecule has 3 rings (SSSR count). The smallest absolute Gasteiger partial charge is 0.313 e. The number of aliphatic imine (C=N–C) groups is 1. The van der Waals surface area contributed by atoms with Crippen molar-refractivity contribution in [2.75, 3.05) is 5.32 Å². The monoisotopic (exact) mass is 416 g/mol. The highest BCUT2D eigenvalue weighted by Crippen LogP contribution is 2.42. The molecule has 3 atom stereocenters. The van der Waals surface area contributed by atoms with E-state index in [1.54, 1.807) is 0 Å². The molecule has 1 aliphatic rings. The molecular weight excluding hydrogens is 399 g/mol. The van der Waals surface area contributed by atoms with Crippen LogP contribution in [-0.4, -0.2) is 28.6 Å². The van der Waals surface area contributed by atoms with Gasteiger partial charge in [0.2, 0.25) is 0 Å². The molecule has 0 radical (unpaired) electrons. The van der Waals surface area contributed by atoms with Crippen LogP contribution in [0.25, 0.3) is 0 Å². The van der Waals surface area contributed by atoms with E-state index in [9.17, 15) is 26.7 Å². The lowest BCUT2D eigenvalue weighted by Crippen LogP contribution is -2.51. The Morgan fingerprint density at radius 1 is 1.38 bits per heavy atom. The number of amidine groups is 1. The zero-order valence-electron chi connectivity index (χ0n) is 15.3. The predicted molar refractivity (Wildman–Crippen MR) is 93.8 cm³/mol. The first-order valence-electron chi connectivity index (χ1n) is 8.48. The topological polar surface area (TPSA) is 93.5 Å². The molecule has 1 aromatic heterocycles. The van der Waals surface area contributed by atoms with Gasteiger partial charge in [0.1, 0.15) is 29.6 Å². The average Bonchev–Trinajstić information content (AvgIpc) is 3.12. The molecule has 3 N–H and O–H groups in total. The Morgan fingerprint density at radius 2 is 2.07 bits per heavy atom. The number of carbonyl (C=O) groups excluding carboxylic acids is 1. The van der Waals surface area contributed by atoms with Crippen LogP contribution < -0.4 is 11.1 Å². The number of anilines is 1. The summed E-state index contributed by atoms with van der Waals surface area (Å²) in [5, 5.41) is 2.33. The van der Waals surface area contributed by atoms with Gasteiger partial charge in [-0.05, 0) is 32.0 Å². The van der Waals surface area contributed by atoms with E-state index in [0.29, 0.717) is 0 Å². The first-order chi connectivity index (χ1) is 13.4. The summed E-state index contributed by atoms with van der Waals surface area (Å²) in [4.78, 5) is 19.4. The third kappa shape index (κ3) is 3.81. The Kier molecular flexibility index (Phi) is 5.10. The maximum absolute atomic E-state index is 14.8. The first-order valence-corrected chi connectivity index (χ1v) is 8.48. The minimum absolute atomic E-state index is 0.0174. The van der Waals surface area contributed by atoms with Gasteiger partial charge in [-0.3, -0.25) is 9.79 Å². The summed E-state index contributed by atoms with van der Waals surface area (Å²) in [5.74, 6) is -3.13. The van der Waals surface area contributed by atoms with Gasteiger partial charge in [0.05, 0.1) is 0 Å². The van der Waals surface area contributed by atoms with Gasteiger partial charge in [0.25, 0.3) is 11.8 Å². The van der Waals surface area contributed by atoms with Gasteiger partial charge in [-0.25, -0.2) is 18.2 Å². The molecule has 2 aromatic rings. The Morgan fingerprint density at radius 3 is 2.69 bits per heavy atom. The lowest BCUT2D eigenvalue weighted by atomic mass is 9.79. The number of hydrogen-bond acceptors (Lipinski definition) is 5. The second kappa shape index (κ2) is 7.12. The number of benzene rings is 1. The largest absolute Gasteiger partial charge is 0.443 e. The second-order valence-corrected chi connectivity index (χ2v) is 7.03. The molecule has 1 aromatic carbocycles. The number of nitrogens with zero attached hydrogens (tertiary/aromatic N) is 2. The molecule has 1 amide bonds. The van der Waals surface area contributed by atoms with E-state index in [4.69, 9.17) is 5.73 Å². The highest BCUT2D eigenvalue weighted by molar-refractivity contribution is 6.02. The van der Waals surface area contributed by atoms with E-state index in [2.05, 4.69) is 19.7 Å². The summed E-state index contributed by atoms with van der Waals surface area (Å²) in [7, 11) is 0. The van der Waals surface area contributed by atoms with Crippen molar-refractivity contribution in [1.29, 1.82) is 0 Å². The Bertz CT molecular complexity index is 975. The summed E-state index contributed by atoms with van der Waals surface area (Å²) in [6, 6.07) is 3.26. The van der Waals surface area contributed by atoms with Gasteiger partial charge in [0.15, 0.2) is 11.4 Å². The number of oxazole rings is 1. The molecule has 0 spiro atoms. The lowest BCUT2D eigenvalue weighted by Gasteiger charge is -2.38. The summed E-state index contributed by atoms with van der Waals surface area (Å²) in [6.45, 7) is 2.34. The summed E-state index contributed by atoms with van der Waals surface area (Å²) < 4.78 is 73.0. The van der Waals surface area contributed by atoms with Crippen LogP contribution in [0, 0.1) is 5.82 Å². The zero-order chi connectivity index (χ0) is 21.6. The SMILES string of the molecule is C[C@@]1(F)C[C@H](F)[C@@](C)(c2cc(NC(=O)c3coc(C(F)F)n3)ccc2F)N=C1N.